The van der Waals surface area contributed by atoms with Crippen LogP contribution in [0.2, 0.25) is 0 Å². The van der Waals surface area contributed by atoms with E-state index in [9.17, 15) is 0 Å². The van der Waals surface area contributed by atoms with Crippen LogP contribution in [0, 0.1) is 11.8 Å². The second-order valence-electron chi connectivity index (χ2n) is 6.37. The number of hydrogen-bond donors (Lipinski definition) is 1. The quantitative estimate of drug-likeness (QED) is 0.898. The monoisotopic (exact) mass is 276 g/mol. The standard InChI is InChI=1S/C17H28N2O/c1-12(2)15-8-9-19(11-15)17(13(3)18)14-6-5-7-16(10-14)20-4/h5-7,10,12-13,15,17H,8-9,11,18H2,1-4H3. The van der Waals surface area contributed by atoms with Crippen molar-refractivity contribution in [2.45, 2.75) is 39.3 Å². The van der Waals surface area contributed by atoms with Gasteiger partial charge in [-0.25, -0.2) is 0 Å². The van der Waals surface area contributed by atoms with Gasteiger partial charge in [-0.05, 0) is 49.4 Å². The topological polar surface area (TPSA) is 38.5 Å². The smallest absolute Gasteiger partial charge is 0.119 e. The number of ether oxygens (including phenoxy) is 1. The van der Waals surface area contributed by atoms with E-state index in [4.69, 9.17) is 10.5 Å². The summed E-state index contributed by atoms with van der Waals surface area (Å²) in [5.74, 6) is 2.45. The summed E-state index contributed by atoms with van der Waals surface area (Å²) in [7, 11) is 1.71. The molecule has 2 N–H and O–H groups in total. The lowest BCUT2D eigenvalue weighted by Crippen LogP contribution is -2.38. The molecule has 1 aliphatic rings. The molecule has 1 fully saturated rings. The van der Waals surface area contributed by atoms with Crippen LogP contribution in [0.5, 0.6) is 5.75 Å². The van der Waals surface area contributed by atoms with Crippen molar-refractivity contribution in [3.8, 4) is 5.75 Å². The predicted octanol–water partition coefficient (Wildman–Crippen LogP) is 3.06. The van der Waals surface area contributed by atoms with Crippen LogP contribution in [0.3, 0.4) is 0 Å². The van der Waals surface area contributed by atoms with Gasteiger partial charge in [-0.3, -0.25) is 4.90 Å². The first-order chi connectivity index (χ1) is 9.52. The van der Waals surface area contributed by atoms with E-state index in [1.54, 1.807) is 7.11 Å². The molecular weight excluding hydrogens is 248 g/mol. The summed E-state index contributed by atoms with van der Waals surface area (Å²) in [6.45, 7) is 9.04. The Bertz CT molecular complexity index is 431. The molecule has 1 aromatic rings. The van der Waals surface area contributed by atoms with Crippen LogP contribution < -0.4 is 10.5 Å². The Kier molecular flexibility index (Phi) is 5.06. The number of likely N-dealkylation sites (tertiary alicyclic amines) is 1. The van der Waals surface area contributed by atoms with E-state index in [0.717, 1.165) is 30.7 Å². The van der Waals surface area contributed by atoms with Gasteiger partial charge in [-0.1, -0.05) is 26.0 Å². The van der Waals surface area contributed by atoms with Crippen LogP contribution in [0.15, 0.2) is 24.3 Å². The molecule has 3 atom stereocenters. The molecule has 0 spiro atoms. The number of hydrogen-bond acceptors (Lipinski definition) is 3. The van der Waals surface area contributed by atoms with Gasteiger partial charge in [0, 0.05) is 18.6 Å². The van der Waals surface area contributed by atoms with Crippen LogP contribution in [-0.2, 0) is 0 Å². The SMILES string of the molecule is COc1cccc(C(C(C)N)N2CCC(C(C)C)C2)c1. The fourth-order valence-corrected chi connectivity index (χ4v) is 3.28. The summed E-state index contributed by atoms with van der Waals surface area (Å²) in [6.07, 6.45) is 1.28. The van der Waals surface area contributed by atoms with Gasteiger partial charge in [0.25, 0.3) is 0 Å². The van der Waals surface area contributed by atoms with Gasteiger partial charge in [-0.2, -0.15) is 0 Å². The predicted molar refractivity (Wildman–Crippen MR) is 83.9 cm³/mol. The van der Waals surface area contributed by atoms with Crippen LogP contribution in [-0.4, -0.2) is 31.1 Å². The normalized spacial score (nSPS) is 23.0. The first-order valence-electron chi connectivity index (χ1n) is 7.66. The van der Waals surface area contributed by atoms with Crippen molar-refractivity contribution in [2.75, 3.05) is 20.2 Å². The molecule has 0 bridgehead atoms. The van der Waals surface area contributed by atoms with E-state index in [1.165, 1.54) is 12.0 Å². The van der Waals surface area contributed by atoms with E-state index in [2.05, 4.69) is 43.9 Å². The lowest BCUT2D eigenvalue weighted by atomic mass is 9.95. The molecule has 20 heavy (non-hydrogen) atoms. The molecule has 0 amide bonds. The van der Waals surface area contributed by atoms with Crippen molar-refractivity contribution in [1.82, 2.24) is 4.90 Å². The summed E-state index contributed by atoms with van der Waals surface area (Å²) in [6, 6.07) is 8.74. The minimum absolute atomic E-state index is 0.119. The van der Waals surface area contributed by atoms with Crippen LogP contribution in [0.1, 0.15) is 38.8 Å². The molecule has 2 rings (SSSR count). The molecule has 0 aromatic heterocycles. The van der Waals surface area contributed by atoms with E-state index < -0.39 is 0 Å². The molecule has 0 saturated carbocycles. The van der Waals surface area contributed by atoms with E-state index in [-0.39, 0.29) is 12.1 Å². The lowest BCUT2D eigenvalue weighted by Gasteiger charge is -2.32. The van der Waals surface area contributed by atoms with Crippen molar-refractivity contribution in [2.24, 2.45) is 17.6 Å². The second kappa shape index (κ2) is 6.59. The molecule has 1 saturated heterocycles. The summed E-state index contributed by atoms with van der Waals surface area (Å²) < 4.78 is 5.35. The largest absolute Gasteiger partial charge is 0.497 e. The first-order valence-corrected chi connectivity index (χ1v) is 7.66. The summed E-state index contributed by atoms with van der Waals surface area (Å²) in [5.41, 5.74) is 7.55. The fourth-order valence-electron chi connectivity index (χ4n) is 3.28. The zero-order valence-electron chi connectivity index (χ0n) is 13.2. The second-order valence-corrected chi connectivity index (χ2v) is 6.37. The number of nitrogens with two attached hydrogens (primary N) is 1. The highest BCUT2D eigenvalue weighted by Crippen LogP contribution is 2.33. The van der Waals surface area contributed by atoms with Gasteiger partial charge in [-0.15, -0.1) is 0 Å². The van der Waals surface area contributed by atoms with E-state index >= 15 is 0 Å². The van der Waals surface area contributed by atoms with Crippen LogP contribution in [0.4, 0.5) is 0 Å². The lowest BCUT2D eigenvalue weighted by molar-refractivity contribution is 0.204. The molecular formula is C17H28N2O. The molecule has 1 aromatic carbocycles. The Morgan fingerprint density at radius 2 is 2.05 bits per heavy atom. The van der Waals surface area contributed by atoms with Crippen molar-refractivity contribution in [3.05, 3.63) is 29.8 Å². The third-order valence-electron chi connectivity index (χ3n) is 4.53. The van der Waals surface area contributed by atoms with E-state index in [1.807, 2.05) is 6.07 Å². The number of rotatable bonds is 5. The Labute approximate surface area is 123 Å². The third-order valence-corrected chi connectivity index (χ3v) is 4.53. The zero-order chi connectivity index (χ0) is 14.7. The molecule has 3 nitrogen and oxygen atoms in total. The summed E-state index contributed by atoms with van der Waals surface area (Å²) >= 11 is 0. The Morgan fingerprint density at radius 1 is 1.30 bits per heavy atom. The summed E-state index contributed by atoms with van der Waals surface area (Å²) in [4.78, 5) is 2.55. The molecule has 3 heteroatoms. The first kappa shape index (κ1) is 15.3. The van der Waals surface area contributed by atoms with Gasteiger partial charge in [0.05, 0.1) is 7.11 Å². The third kappa shape index (κ3) is 3.33. The molecule has 1 aliphatic heterocycles. The Balaban J connectivity index is 2.19. The van der Waals surface area contributed by atoms with Crippen LogP contribution >= 0.6 is 0 Å². The number of benzene rings is 1. The van der Waals surface area contributed by atoms with E-state index in [0.29, 0.717) is 0 Å². The molecule has 1 heterocycles. The number of nitrogens with zero attached hydrogens (tertiary/aromatic N) is 1. The van der Waals surface area contributed by atoms with Crippen molar-refractivity contribution < 1.29 is 4.74 Å². The maximum Gasteiger partial charge on any atom is 0.119 e. The molecule has 3 unspecified atom stereocenters. The van der Waals surface area contributed by atoms with Crippen molar-refractivity contribution in [3.63, 3.8) is 0 Å². The fraction of sp³-hybridized carbons (Fsp3) is 0.647. The zero-order valence-corrected chi connectivity index (χ0v) is 13.2. The molecule has 0 radical (unpaired) electrons. The average Bonchev–Trinajstić information content (AvgIpc) is 2.88. The van der Waals surface area contributed by atoms with Gasteiger partial charge in [0.1, 0.15) is 5.75 Å². The van der Waals surface area contributed by atoms with Gasteiger partial charge in [0.15, 0.2) is 0 Å². The van der Waals surface area contributed by atoms with Crippen LogP contribution in [0.25, 0.3) is 0 Å². The minimum atomic E-state index is 0.119. The highest BCUT2D eigenvalue weighted by atomic mass is 16.5. The Morgan fingerprint density at radius 3 is 2.60 bits per heavy atom. The maximum absolute atomic E-state index is 6.28. The number of methoxy groups -OCH3 is 1. The minimum Gasteiger partial charge on any atom is -0.497 e. The Hall–Kier alpha value is -1.06. The molecule has 0 aliphatic carbocycles. The van der Waals surface area contributed by atoms with Gasteiger partial charge >= 0.3 is 0 Å². The van der Waals surface area contributed by atoms with Gasteiger partial charge in [0.2, 0.25) is 0 Å². The highest BCUT2D eigenvalue weighted by molar-refractivity contribution is 5.31. The molecule has 112 valence electrons. The van der Waals surface area contributed by atoms with Crippen molar-refractivity contribution in [1.29, 1.82) is 0 Å². The summed E-state index contributed by atoms with van der Waals surface area (Å²) in [5, 5.41) is 0. The average molecular weight is 276 g/mol. The van der Waals surface area contributed by atoms with Gasteiger partial charge < -0.3 is 10.5 Å². The maximum atomic E-state index is 6.28. The highest BCUT2D eigenvalue weighted by Gasteiger charge is 2.32. The van der Waals surface area contributed by atoms with Crippen molar-refractivity contribution >= 4 is 0 Å².